The summed E-state index contributed by atoms with van der Waals surface area (Å²) in [5.74, 6) is -0.555. The van der Waals surface area contributed by atoms with Crippen molar-refractivity contribution in [3.05, 3.63) is 36.0 Å². The SMILES string of the molecule is O=C(c1cc2ncccc2cc1O)N1CCS(=O)(=O)CC1. The monoisotopic (exact) mass is 306 g/mol. The number of aromatic hydroxyl groups is 1. The molecule has 2 heterocycles. The van der Waals surface area contributed by atoms with Gasteiger partial charge in [-0.05, 0) is 18.2 Å². The number of benzene rings is 1. The fourth-order valence-electron chi connectivity index (χ4n) is 2.37. The maximum absolute atomic E-state index is 12.4. The third-order valence-electron chi connectivity index (χ3n) is 3.58. The summed E-state index contributed by atoms with van der Waals surface area (Å²) in [4.78, 5) is 18.0. The Morgan fingerprint density at radius 1 is 1.24 bits per heavy atom. The number of fused-ring (bicyclic) bond motifs is 1. The van der Waals surface area contributed by atoms with E-state index in [0.717, 1.165) is 5.39 Å². The third-order valence-corrected chi connectivity index (χ3v) is 5.19. The molecule has 0 spiro atoms. The van der Waals surface area contributed by atoms with Crippen LogP contribution in [0.25, 0.3) is 10.9 Å². The summed E-state index contributed by atoms with van der Waals surface area (Å²) in [6.07, 6.45) is 1.61. The Morgan fingerprint density at radius 2 is 1.95 bits per heavy atom. The molecule has 110 valence electrons. The second-order valence-corrected chi connectivity index (χ2v) is 7.31. The Balaban J connectivity index is 1.93. The highest BCUT2D eigenvalue weighted by Gasteiger charge is 2.27. The summed E-state index contributed by atoms with van der Waals surface area (Å²) in [6.45, 7) is 0.307. The van der Waals surface area contributed by atoms with Crippen LogP contribution < -0.4 is 0 Å². The first-order valence-corrected chi connectivity index (χ1v) is 8.36. The van der Waals surface area contributed by atoms with E-state index in [1.54, 1.807) is 18.3 Å². The Labute approximate surface area is 121 Å². The van der Waals surface area contributed by atoms with Crippen molar-refractivity contribution in [2.75, 3.05) is 24.6 Å². The van der Waals surface area contributed by atoms with Gasteiger partial charge in [0.1, 0.15) is 5.75 Å². The van der Waals surface area contributed by atoms with Gasteiger partial charge in [0.05, 0.1) is 22.6 Å². The average Bonchev–Trinajstić information content (AvgIpc) is 2.46. The topological polar surface area (TPSA) is 87.6 Å². The minimum absolute atomic E-state index is 0.0364. The van der Waals surface area contributed by atoms with Gasteiger partial charge in [-0.2, -0.15) is 0 Å². The lowest BCUT2D eigenvalue weighted by atomic mass is 10.1. The van der Waals surface area contributed by atoms with Crippen molar-refractivity contribution in [2.45, 2.75) is 0 Å². The van der Waals surface area contributed by atoms with Crippen LogP contribution in [0.3, 0.4) is 0 Å². The van der Waals surface area contributed by atoms with Crippen molar-refractivity contribution in [2.24, 2.45) is 0 Å². The number of hydrogen-bond donors (Lipinski definition) is 1. The van der Waals surface area contributed by atoms with Crippen LogP contribution in [0.2, 0.25) is 0 Å². The molecule has 1 fully saturated rings. The van der Waals surface area contributed by atoms with Crippen LogP contribution in [-0.4, -0.2) is 53.9 Å². The summed E-state index contributed by atoms with van der Waals surface area (Å²) in [5.41, 5.74) is 0.767. The number of pyridine rings is 1. The van der Waals surface area contributed by atoms with E-state index in [2.05, 4.69) is 4.98 Å². The molecule has 1 aliphatic rings. The lowest BCUT2D eigenvalue weighted by molar-refractivity contribution is 0.0767. The second-order valence-electron chi connectivity index (χ2n) is 5.01. The first kappa shape index (κ1) is 13.8. The number of aromatic nitrogens is 1. The number of carbonyl (C=O) groups is 1. The van der Waals surface area contributed by atoms with E-state index >= 15 is 0 Å². The smallest absolute Gasteiger partial charge is 0.257 e. The van der Waals surface area contributed by atoms with E-state index in [0.29, 0.717) is 5.52 Å². The standard InChI is InChI=1S/C14H14N2O4S/c17-13-8-10-2-1-3-15-12(10)9-11(13)14(18)16-4-6-21(19,20)7-5-16/h1-3,8-9,17H,4-7H2. The van der Waals surface area contributed by atoms with Crippen LogP contribution in [-0.2, 0) is 9.84 Å². The van der Waals surface area contributed by atoms with Gasteiger partial charge in [-0.25, -0.2) is 8.42 Å². The highest BCUT2D eigenvalue weighted by molar-refractivity contribution is 7.91. The molecule has 0 unspecified atom stereocenters. The number of hydrogen-bond acceptors (Lipinski definition) is 5. The van der Waals surface area contributed by atoms with Gasteiger partial charge in [0.25, 0.3) is 5.91 Å². The van der Waals surface area contributed by atoms with Gasteiger partial charge in [0.2, 0.25) is 0 Å². The van der Waals surface area contributed by atoms with E-state index in [4.69, 9.17) is 0 Å². The lowest BCUT2D eigenvalue weighted by Gasteiger charge is -2.27. The summed E-state index contributed by atoms with van der Waals surface area (Å²) >= 11 is 0. The van der Waals surface area contributed by atoms with E-state index in [-0.39, 0.29) is 41.8 Å². The number of nitrogens with zero attached hydrogens (tertiary/aromatic N) is 2. The summed E-state index contributed by atoms with van der Waals surface area (Å²) in [5, 5.41) is 10.8. The maximum atomic E-state index is 12.4. The van der Waals surface area contributed by atoms with Crippen LogP contribution in [0, 0.1) is 0 Å². The number of rotatable bonds is 1. The summed E-state index contributed by atoms with van der Waals surface area (Å²) in [7, 11) is -3.04. The Morgan fingerprint density at radius 3 is 2.67 bits per heavy atom. The molecule has 2 aromatic rings. The molecule has 1 amide bonds. The highest BCUT2D eigenvalue weighted by Crippen LogP contribution is 2.25. The van der Waals surface area contributed by atoms with Crippen molar-refractivity contribution in [3.8, 4) is 5.75 Å². The zero-order chi connectivity index (χ0) is 15.0. The zero-order valence-electron chi connectivity index (χ0n) is 11.2. The van der Waals surface area contributed by atoms with Gasteiger partial charge in [-0.3, -0.25) is 9.78 Å². The van der Waals surface area contributed by atoms with Crippen LogP contribution >= 0.6 is 0 Å². The molecule has 21 heavy (non-hydrogen) atoms. The number of sulfone groups is 1. The predicted molar refractivity (Wildman–Crippen MR) is 78.0 cm³/mol. The van der Waals surface area contributed by atoms with Crippen LogP contribution in [0.15, 0.2) is 30.5 Å². The van der Waals surface area contributed by atoms with E-state index < -0.39 is 9.84 Å². The molecule has 0 aliphatic carbocycles. The zero-order valence-corrected chi connectivity index (χ0v) is 12.0. The van der Waals surface area contributed by atoms with E-state index in [1.807, 2.05) is 0 Å². The van der Waals surface area contributed by atoms with Crippen molar-refractivity contribution < 1.29 is 18.3 Å². The molecule has 1 aromatic heterocycles. The first-order valence-electron chi connectivity index (χ1n) is 6.54. The van der Waals surface area contributed by atoms with Crippen LogP contribution in [0.4, 0.5) is 0 Å². The van der Waals surface area contributed by atoms with Gasteiger partial charge in [0, 0.05) is 24.7 Å². The second kappa shape index (κ2) is 5.00. The van der Waals surface area contributed by atoms with Crippen molar-refractivity contribution in [1.82, 2.24) is 9.88 Å². The predicted octanol–water partition coefficient (Wildman–Crippen LogP) is 0.811. The Kier molecular flexibility index (Phi) is 3.29. The molecule has 1 N–H and O–H groups in total. The number of phenolic OH excluding ortho intramolecular Hbond substituents is 1. The number of phenols is 1. The molecule has 1 aromatic carbocycles. The normalized spacial score (nSPS) is 17.8. The van der Waals surface area contributed by atoms with Gasteiger partial charge in [-0.15, -0.1) is 0 Å². The highest BCUT2D eigenvalue weighted by atomic mass is 32.2. The molecular formula is C14H14N2O4S. The fourth-order valence-corrected chi connectivity index (χ4v) is 3.57. The van der Waals surface area contributed by atoms with Gasteiger partial charge >= 0.3 is 0 Å². The molecule has 0 saturated carbocycles. The minimum atomic E-state index is -3.04. The van der Waals surface area contributed by atoms with Gasteiger partial charge in [-0.1, -0.05) is 6.07 Å². The Hall–Kier alpha value is -2.15. The summed E-state index contributed by atoms with van der Waals surface area (Å²) in [6, 6.07) is 6.58. The molecule has 6 nitrogen and oxygen atoms in total. The molecule has 0 bridgehead atoms. The molecular weight excluding hydrogens is 292 g/mol. The van der Waals surface area contributed by atoms with Crippen molar-refractivity contribution in [3.63, 3.8) is 0 Å². The summed E-state index contributed by atoms with van der Waals surface area (Å²) < 4.78 is 22.8. The minimum Gasteiger partial charge on any atom is -0.507 e. The quantitative estimate of drug-likeness (QED) is 0.842. The molecule has 0 atom stereocenters. The largest absolute Gasteiger partial charge is 0.507 e. The maximum Gasteiger partial charge on any atom is 0.257 e. The molecule has 3 rings (SSSR count). The van der Waals surface area contributed by atoms with Crippen molar-refractivity contribution >= 4 is 26.6 Å². The number of carbonyl (C=O) groups excluding carboxylic acids is 1. The third kappa shape index (κ3) is 2.69. The Bertz CT molecular complexity index is 803. The number of amides is 1. The molecule has 1 aliphatic heterocycles. The van der Waals surface area contributed by atoms with Crippen molar-refractivity contribution in [1.29, 1.82) is 0 Å². The average molecular weight is 306 g/mol. The van der Waals surface area contributed by atoms with Gasteiger partial charge < -0.3 is 10.0 Å². The lowest BCUT2D eigenvalue weighted by Crippen LogP contribution is -2.43. The van der Waals surface area contributed by atoms with Crippen LogP contribution in [0.5, 0.6) is 5.75 Å². The first-order chi connectivity index (χ1) is 9.96. The van der Waals surface area contributed by atoms with Crippen LogP contribution in [0.1, 0.15) is 10.4 Å². The fraction of sp³-hybridized carbons (Fsp3) is 0.286. The molecule has 0 radical (unpaired) electrons. The van der Waals surface area contributed by atoms with E-state index in [9.17, 15) is 18.3 Å². The van der Waals surface area contributed by atoms with Gasteiger partial charge in [0.15, 0.2) is 9.84 Å². The molecule has 7 heteroatoms. The van der Waals surface area contributed by atoms with E-state index in [1.165, 1.54) is 17.0 Å². The molecule has 1 saturated heterocycles.